The van der Waals surface area contributed by atoms with Gasteiger partial charge in [0.15, 0.2) is 17.2 Å². The van der Waals surface area contributed by atoms with Crippen molar-refractivity contribution in [3.05, 3.63) is 47.0 Å². The molecule has 1 aliphatic heterocycles. The molecular weight excluding hydrogens is 731 g/mol. The first kappa shape index (κ1) is 31.9. The van der Waals surface area contributed by atoms with Crippen LogP contribution >= 0.6 is 0 Å². The van der Waals surface area contributed by atoms with Gasteiger partial charge in [0, 0.05) is 93.1 Å². The van der Waals surface area contributed by atoms with E-state index in [4.69, 9.17) is 9.47 Å². The van der Waals surface area contributed by atoms with Crippen LogP contribution in [0.3, 0.4) is 0 Å². The maximum absolute atomic E-state index is 14.3. The van der Waals surface area contributed by atoms with E-state index >= 15 is 0 Å². The Labute approximate surface area is 269 Å². The number of benzene rings is 1. The van der Waals surface area contributed by atoms with Gasteiger partial charge in [-0.15, -0.1) is 0 Å². The Kier molecular flexibility index (Phi) is 8.48. The molecule has 1 saturated heterocycles. The first-order valence-electron chi connectivity index (χ1n) is 13.5. The maximum Gasteiger partial charge on any atom is 0.303 e. The average Bonchev–Trinajstić information content (AvgIpc) is 2.87. The molecule has 2 saturated carbocycles. The number of fused-ring (bicyclic) bond motifs is 5. The van der Waals surface area contributed by atoms with Gasteiger partial charge in [-0.3, -0.25) is 14.4 Å². The van der Waals surface area contributed by atoms with Gasteiger partial charge in [0.2, 0.25) is 0 Å². The van der Waals surface area contributed by atoms with Gasteiger partial charge in [0.1, 0.15) is 12.2 Å². The van der Waals surface area contributed by atoms with Crippen molar-refractivity contribution in [3.8, 4) is 0 Å². The molecule has 0 amide bonds. The summed E-state index contributed by atoms with van der Waals surface area (Å²) in [5.74, 6) is -3.81. The largest absolute Gasteiger partial charge is 0.454 e. The second kappa shape index (κ2) is 10.6. The molecule has 4 aliphatic rings. The molecule has 0 spiro atoms. The molecule has 3 fully saturated rings. The van der Waals surface area contributed by atoms with Crippen molar-refractivity contribution in [2.24, 2.45) is 22.7 Å². The molecule has 215 valence electrons. The number of Topliss-reactive ketones (excluding diaryl/α,β-unsaturated/α-hetero) is 2. The molecule has 9 nitrogen and oxygen atoms in total. The summed E-state index contributed by atoms with van der Waals surface area (Å²) in [5.41, 5.74) is -5.29. The number of hydrogen-bond donors (Lipinski definition) is 4. The summed E-state index contributed by atoms with van der Waals surface area (Å²) in [5, 5.41) is 47.0. The summed E-state index contributed by atoms with van der Waals surface area (Å²) >= 11 is 0. The molecule has 1 heterocycles. The fourth-order valence-corrected chi connectivity index (χ4v) is 8.30. The zero-order valence-electron chi connectivity index (χ0n) is 23.6. The summed E-state index contributed by atoms with van der Waals surface area (Å²) in [6, 6.07) is 8.55. The van der Waals surface area contributed by atoms with E-state index in [9.17, 15) is 34.8 Å². The number of rotatable bonds is 4. The smallest absolute Gasteiger partial charge is 0.303 e. The van der Waals surface area contributed by atoms with Gasteiger partial charge in [0.25, 0.3) is 0 Å². The molecule has 1 aromatic rings. The first-order chi connectivity index (χ1) is 18.1. The zero-order valence-corrected chi connectivity index (χ0v) is 28.3. The van der Waals surface area contributed by atoms with Crippen LogP contribution in [0.1, 0.15) is 64.2 Å². The third-order valence-electron chi connectivity index (χ3n) is 10.4. The van der Waals surface area contributed by atoms with Crippen molar-refractivity contribution in [2.75, 3.05) is 6.61 Å². The van der Waals surface area contributed by atoms with Gasteiger partial charge in [-0.2, -0.15) is 0 Å². The molecule has 9 atom stereocenters. The van der Waals surface area contributed by atoms with Crippen LogP contribution in [-0.4, -0.2) is 80.2 Å². The van der Waals surface area contributed by atoms with E-state index in [0.717, 1.165) is 0 Å². The summed E-state index contributed by atoms with van der Waals surface area (Å²) in [6.07, 6.45) is -5.47. The summed E-state index contributed by atoms with van der Waals surface area (Å²) < 4.78 is 11.7. The summed E-state index contributed by atoms with van der Waals surface area (Å²) in [7, 11) is 0. The molecule has 1 aromatic carbocycles. The minimum Gasteiger partial charge on any atom is -0.454 e. The number of carbonyl (C=O) groups is 3. The minimum atomic E-state index is -1.84. The first-order valence-corrected chi connectivity index (χ1v) is 13.5. The van der Waals surface area contributed by atoms with Crippen LogP contribution in [-0.2, 0) is 19.1 Å². The van der Waals surface area contributed by atoms with Crippen molar-refractivity contribution in [3.63, 3.8) is 0 Å². The normalized spacial score (nSPS) is 41.8. The second-order valence-corrected chi connectivity index (χ2v) is 12.6. The third kappa shape index (κ3) is 4.27. The summed E-state index contributed by atoms with van der Waals surface area (Å²) in [6.45, 7) is 7.69. The number of ether oxygens (including phenoxy) is 2. The van der Waals surface area contributed by atoms with Crippen LogP contribution in [0.25, 0.3) is 0 Å². The fraction of sp³-hybridized carbons (Fsp3) is 0.633. The molecule has 1 radical (unpaired) electrons. The van der Waals surface area contributed by atoms with Crippen LogP contribution in [0.2, 0.25) is 0 Å². The van der Waals surface area contributed by atoms with Crippen LogP contribution in [0.5, 0.6) is 0 Å². The van der Waals surface area contributed by atoms with E-state index in [1.165, 1.54) is 13.8 Å². The second-order valence-electron chi connectivity index (χ2n) is 12.6. The molecule has 40 heavy (non-hydrogen) atoms. The van der Waals surface area contributed by atoms with Gasteiger partial charge < -0.3 is 29.9 Å². The van der Waals surface area contributed by atoms with Crippen molar-refractivity contribution < 1.29 is 88.3 Å². The van der Waals surface area contributed by atoms with Gasteiger partial charge in [0.05, 0.1) is 29.8 Å². The van der Waals surface area contributed by atoms with E-state index in [-0.39, 0.29) is 81.3 Å². The maximum atomic E-state index is 14.3. The Morgan fingerprint density at radius 1 is 1.10 bits per heavy atom. The molecule has 5 rings (SSSR count). The molecular formula is C30H38AcO9. The van der Waals surface area contributed by atoms with E-state index in [0.29, 0.717) is 11.1 Å². The minimum absolute atomic E-state index is 0. The van der Waals surface area contributed by atoms with Gasteiger partial charge in [-0.25, -0.2) is 0 Å². The molecule has 10 heteroatoms. The van der Waals surface area contributed by atoms with E-state index in [1.807, 2.05) is 0 Å². The third-order valence-corrected chi connectivity index (χ3v) is 10.4. The van der Waals surface area contributed by atoms with Crippen molar-refractivity contribution in [1.82, 2.24) is 0 Å². The Bertz CT molecular complexity index is 1240. The van der Waals surface area contributed by atoms with Crippen LogP contribution in [0, 0.1) is 66.7 Å². The SMILES string of the molecule is CC(=O)O[C@@]12CO[C@@H]1C[C@H](O)[C@@]1(C)C(=O)[C@H](O)C3=C(C)[C@@H](O)C[C@@](O)([C@@H](CC(=O)c4ccccc4)C12)C3(C)C.[Ac]. The number of aliphatic hydroxyl groups excluding tert-OH is 3. The van der Waals surface area contributed by atoms with Crippen LogP contribution < -0.4 is 0 Å². The number of carbonyl (C=O) groups excluding carboxylic acids is 3. The standard InChI is InChI=1S/C30H38O9.Ac/c1-15-20(33)13-30(37)18(11-19(32)17-9-7-6-8-10-17)25-28(5,26(36)24(35)23(15)27(30,3)4)21(34)12-22-29(25,14-38-22)39-16(2)31;/h6-10,18,20-22,24-25,33-35,37H,11-14H2,1-5H3;/t18-,20-,21-,22+,24+,25?,28+,29-,30+;/m0./s1. The predicted molar refractivity (Wildman–Crippen MR) is 138 cm³/mol. The van der Waals surface area contributed by atoms with Crippen molar-refractivity contribution in [1.29, 1.82) is 0 Å². The Morgan fingerprint density at radius 2 is 1.73 bits per heavy atom. The Balaban J connectivity index is 0.00000370. The predicted octanol–water partition coefficient (Wildman–Crippen LogP) is 1.75. The Hall–Kier alpha value is -0.988. The Morgan fingerprint density at radius 3 is 2.27 bits per heavy atom. The monoisotopic (exact) mass is 769 g/mol. The van der Waals surface area contributed by atoms with Crippen LogP contribution in [0.15, 0.2) is 41.5 Å². The quantitative estimate of drug-likeness (QED) is 0.204. The zero-order chi connectivity index (χ0) is 28.7. The fourth-order valence-electron chi connectivity index (χ4n) is 8.30. The van der Waals surface area contributed by atoms with Crippen molar-refractivity contribution in [2.45, 2.75) is 89.5 Å². The molecule has 3 aliphatic carbocycles. The van der Waals surface area contributed by atoms with Crippen molar-refractivity contribution >= 4 is 17.5 Å². The number of esters is 1. The molecule has 0 aromatic heterocycles. The molecule has 1 unspecified atom stereocenters. The van der Waals surface area contributed by atoms with E-state index < -0.39 is 70.0 Å². The molecule has 4 N–H and O–H groups in total. The van der Waals surface area contributed by atoms with Gasteiger partial charge in [-0.1, -0.05) is 44.2 Å². The molecule has 2 bridgehead atoms. The van der Waals surface area contributed by atoms with Crippen LogP contribution in [0.4, 0.5) is 0 Å². The van der Waals surface area contributed by atoms with Gasteiger partial charge >= 0.3 is 5.97 Å². The number of ketones is 2. The van der Waals surface area contributed by atoms with E-state index in [1.54, 1.807) is 51.1 Å². The topological polar surface area (TPSA) is 151 Å². The average molecular weight is 770 g/mol. The summed E-state index contributed by atoms with van der Waals surface area (Å²) in [4.78, 5) is 40.6. The van der Waals surface area contributed by atoms with E-state index in [2.05, 4.69) is 0 Å². The van der Waals surface area contributed by atoms with Gasteiger partial charge in [-0.05, 0) is 25.0 Å². The number of hydrogen-bond acceptors (Lipinski definition) is 9. The number of aliphatic hydroxyl groups is 4.